The van der Waals surface area contributed by atoms with Gasteiger partial charge in [-0.15, -0.1) is 16.4 Å². The first-order valence-corrected chi connectivity index (χ1v) is 9.01. The molecule has 0 saturated heterocycles. The predicted octanol–water partition coefficient (Wildman–Crippen LogP) is 2.90. The molecule has 120 valence electrons. The molecule has 1 aromatic carbocycles. The maximum absolute atomic E-state index is 4.67. The van der Waals surface area contributed by atoms with Crippen LogP contribution in [0.3, 0.4) is 0 Å². The minimum Gasteiger partial charge on any atom is -0.309 e. The van der Waals surface area contributed by atoms with E-state index in [1.54, 1.807) is 11.3 Å². The molecule has 0 spiro atoms. The molecule has 0 radical (unpaired) electrons. The van der Waals surface area contributed by atoms with E-state index in [2.05, 4.69) is 57.0 Å². The lowest BCUT2D eigenvalue weighted by atomic mass is 10.2. The zero-order chi connectivity index (χ0) is 16.1. The molecule has 8 heteroatoms. The van der Waals surface area contributed by atoms with Gasteiger partial charge in [0.2, 0.25) is 5.16 Å². The van der Waals surface area contributed by atoms with Crippen molar-refractivity contribution in [2.24, 2.45) is 0 Å². The average molecular weight is 346 g/mol. The number of aromatic nitrogens is 5. The molecular formula is C15H18N6S2. The van der Waals surface area contributed by atoms with Gasteiger partial charge < -0.3 is 4.90 Å². The van der Waals surface area contributed by atoms with Crippen LogP contribution in [0, 0.1) is 0 Å². The molecule has 0 amide bonds. The lowest BCUT2D eigenvalue weighted by Crippen LogP contribution is -2.15. The van der Waals surface area contributed by atoms with Crippen LogP contribution in [0.2, 0.25) is 0 Å². The van der Waals surface area contributed by atoms with E-state index < -0.39 is 0 Å². The topological polar surface area (TPSA) is 59.7 Å². The van der Waals surface area contributed by atoms with Gasteiger partial charge in [0.25, 0.3) is 0 Å². The van der Waals surface area contributed by atoms with Gasteiger partial charge in [-0.1, -0.05) is 30.3 Å². The molecule has 0 N–H and O–H groups in total. The molecule has 3 aromatic rings. The van der Waals surface area contributed by atoms with Gasteiger partial charge in [-0.25, -0.2) is 9.67 Å². The fourth-order valence-corrected chi connectivity index (χ4v) is 3.79. The van der Waals surface area contributed by atoms with E-state index in [-0.39, 0.29) is 0 Å². The van der Waals surface area contributed by atoms with Crippen LogP contribution in [0.4, 0.5) is 0 Å². The molecule has 6 nitrogen and oxygen atoms in total. The third-order valence-corrected chi connectivity index (χ3v) is 5.12. The number of thiazole rings is 1. The summed E-state index contributed by atoms with van der Waals surface area (Å²) < 4.78 is 2.80. The zero-order valence-corrected chi connectivity index (χ0v) is 14.7. The van der Waals surface area contributed by atoms with Gasteiger partial charge in [-0.2, -0.15) is 0 Å². The standard InChI is InChI=1S/C15H18N6S2/c1-20(2)9-6-10-21-14(17-18-19-21)23-15-16-13(11-22-15)12-7-4-3-5-8-12/h3-5,7-8,11H,6,9-10H2,1-2H3. The summed E-state index contributed by atoms with van der Waals surface area (Å²) in [5, 5.41) is 14.8. The molecule has 0 fully saturated rings. The van der Waals surface area contributed by atoms with Gasteiger partial charge in [0.1, 0.15) is 0 Å². The lowest BCUT2D eigenvalue weighted by molar-refractivity contribution is 0.373. The van der Waals surface area contributed by atoms with Crippen molar-refractivity contribution >= 4 is 23.1 Å². The van der Waals surface area contributed by atoms with Crippen molar-refractivity contribution in [1.82, 2.24) is 30.1 Å². The first-order valence-electron chi connectivity index (χ1n) is 7.32. The third kappa shape index (κ3) is 4.37. The molecule has 0 atom stereocenters. The second kappa shape index (κ2) is 7.67. The summed E-state index contributed by atoms with van der Waals surface area (Å²) in [6.45, 7) is 1.82. The molecule has 23 heavy (non-hydrogen) atoms. The van der Waals surface area contributed by atoms with E-state index >= 15 is 0 Å². The first-order chi connectivity index (χ1) is 11.2. The highest BCUT2D eigenvalue weighted by atomic mass is 32.2. The molecule has 0 unspecified atom stereocenters. The summed E-state index contributed by atoms with van der Waals surface area (Å²) in [6, 6.07) is 10.2. The van der Waals surface area contributed by atoms with Gasteiger partial charge >= 0.3 is 0 Å². The van der Waals surface area contributed by atoms with Crippen molar-refractivity contribution < 1.29 is 0 Å². The number of aryl methyl sites for hydroxylation is 1. The number of rotatable bonds is 7. The molecule has 0 aliphatic carbocycles. The second-order valence-electron chi connectivity index (χ2n) is 5.31. The van der Waals surface area contributed by atoms with Crippen molar-refractivity contribution in [2.45, 2.75) is 22.5 Å². The molecular weight excluding hydrogens is 328 g/mol. The summed E-state index contributed by atoms with van der Waals surface area (Å²) in [5.74, 6) is 0. The van der Waals surface area contributed by atoms with Crippen molar-refractivity contribution in [2.75, 3.05) is 20.6 Å². The molecule has 0 aliphatic rings. The minimum atomic E-state index is 0.790. The maximum Gasteiger partial charge on any atom is 0.216 e. The number of hydrogen-bond donors (Lipinski definition) is 0. The van der Waals surface area contributed by atoms with Crippen molar-refractivity contribution in [3.05, 3.63) is 35.7 Å². The van der Waals surface area contributed by atoms with Crippen LogP contribution in [-0.4, -0.2) is 50.7 Å². The van der Waals surface area contributed by atoms with Crippen molar-refractivity contribution in [3.63, 3.8) is 0 Å². The van der Waals surface area contributed by atoms with Crippen LogP contribution in [0.25, 0.3) is 11.3 Å². The van der Waals surface area contributed by atoms with Gasteiger partial charge in [0.15, 0.2) is 4.34 Å². The van der Waals surface area contributed by atoms with Gasteiger partial charge in [-0.05, 0) is 49.2 Å². The summed E-state index contributed by atoms with van der Waals surface area (Å²) in [5.41, 5.74) is 2.12. The van der Waals surface area contributed by atoms with Crippen molar-refractivity contribution in [1.29, 1.82) is 0 Å². The van der Waals surface area contributed by atoms with Gasteiger partial charge in [-0.3, -0.25) is 0 Å². The largest absolute Gasteiger partial charge is 0.309 e. The van der Waals surface area contributed by atoms with E-state index in [1.165, 1.54) is 11.8 Å². The summed E-state index contributed by atoms with van der Waals surface area (Å²) in [4.78, 5) is 6.83. The van der Waals surface area contributed by atoms with Crippen LogP contribution in [0.1, 0.15) is 6.42 Å². The quantitative estimate of drug-likeness (QED) is 0.655. The van der Waals surface area contributed by atoms with E-state index in [0.717, 1.165) is 40.3 Å². The highest BCUT2D eigenvalue weighted by molar-refractivity contribution is 8.00. The Bertz CT molecular complexity index is 737. The minimum absolute atomic E-state index is 0.790. The molecule has 0 aliphatic heterocycles. The normalized spacial score (nSPS) is 11.3. The van der Waals surface area contributed by atoms with Crippen LogP contribution in [0.5, 0.6) is 0 Å². The highest BCUT2D eigenvalue weighted by Gasteiger charge is 2.12. The van der Waals surface area contributed by atoms with E-state index in [1.807, 2.05) is 22.9 Å². The van der Waals surface area contributed by atoms with Gasteiger partial charge in [0, 0.05) is 17.5 Å². The highest BCUT2D eigenvalue weighted by Crippen LogP contribution is 2.31. The Morgan fingerprint density at radius 1 is 1.22 bits per heavy atom. The van der Waals surface area contributed by atoms with E-state index in [0.29, 0.717) is 0 Å². The molecule has 2 heterocycles. The van der Waals surface area contributed by atoms with Crippen molar-refractivity contribution in [3.8, 4) is 11.3 Å². The Kier molecular flexibility index (Phi) is 5.37. The summed E-state index contributed by atoms with van der Waals surface area (Å²) >= 11 is 3.13. The van der Waals surface area contributed by atoms with Crippen LogP contribution in [0.15, 0.2) is 45.2 Å². The Morgan fingerprint density at radius 3 is 2.83 bits per heavy atom. The van der Waals surface area contributed by atoms with E-state index in [4.69, 9.17) is 0 Å². The Labute approximate surface area is 143 Å². The fourth-order valence-electron chi connectivity index (χ4n) is 2.07. The van der Waals surface area contributed by atoms with Crippen LogP contribution < -0.4 is 0 Å². The number of benzene rings is 1. The monoisotopic (exact) mass is 346 g/mol. The smallest absolute Gasteiger partial charge is 0.216 e. The zero-order valence-electron chi connectivity index (χ0n) is 13.1. The maximum atomic E-state index is 4.67. The SMILES string of the molecule is CN(C)CCCn1nnnc1Sc1nc(-c2ccccc2)cs1. The van der Waals surface area contributed by atoms with Crippen LogP contribution in [-0.2, 0) is 6.54 Å². The Hall–Kier alpha value is -1.77. The van der Waals surface area contributed by atoms with E-state index in [9.17, 15) is 0 Å². The fraction of sp³-hybridized carbons (Fsp3) is 0.333. The Balaban J connectivity index is 1.66. The second-order valence-corrected chi connectivity index (χ2v) is 7.38. The van der Waals surface area contributed by atoms with Crippen LogP contribution >= 0.6 is 23.1 Å². The third-order valence-electron chi connectivity index (χ3n) is 3.21. The number of tetrazole rings is 1. The molecule has 0 bridgehead atoms. The average Bonchev–Trinajstić information content (AvgIpc) is 3.18. The van der Waals surface area contributed by atoms with Gasteiger partial charge in [0.05, 0.1) is 5.69 Å². The lowest BCUT2D eigenvalue weighted by Gasteiger charge is -2.08. The first kappa shape index (κ1) is 16.1. The molecule has 0 saturated carbocycles. The number of nitrogens with zero attached hydrogens (tertiary/aromatic N) is 6. The summed E-state index contributed by atoms with van der Waals surface area (Å²) in [7, 11) is 4.13. The molecule has 3 rings (SSSR count). The molecule has 2 aromatic heterocycles. The Morgan fingerprint density at radius 2 is 2.04 bits per heavy atom. The summed E-state index contributed by atoms with van der Waals surface area (Å²) in [6.07, 6.45) is 1.01. The predicted molar refractivity (Wildman–Crippen MR) is 92.7 cm³/mol. The number of hydrogen-bond acceptors (Lipinski definition) is 7.